The van der Waals surface area contributed by atoms with Gasteiger partial charge in [-0.25, -0.2) is 0 Å². The van der Waals surface area contributed by atoms with Gasteiger partial charge in [0.1, 0.15) is 5.44 Å². The maximum absolute atomic E-state index is 5.84. The number of unbranched alkanes of at least 4 members (excludes halogenated alkanes) is 5. The maximum Gasteiger partial charge on any atom is 0.107 e. The molecule has 0 aromatic heterocycles. The Morgan fingerprint density at radius 1 is 0.947 bits per heavy atom. The van der Waals surface area contributed by atoms with Crippen molar-refractivity contribution in [2.45, 2.75) is 69.1 Å². The highest BCUT2D eigenvalue weighted by Gasteiger charge is 2.09. The molecule has 0 saturated carbocycles. The molecule has 0 spiro atoms. The van der Waals surface area contributed by atoms with E-state index in [0.29, 0.717) is 5.44 Å². The van der Waals surface area contributed by atoms with Gasteiger partial charge in [-0.15, -0.1) is 0 Å². The van der Waals surface area contributed by atoms with Gasteiger partial charge in [0.25, 0.3) is 0 Å². The molecule has 0 saturated heterocycles. The summed E-state index contributed by atoms with van der Waals surface area (Å²) in [6.07, 6.45) is 9.27. The fourth-order valence-corrected chi connectivity index (χ4v) is 3.21. The predicted octanol–water partition coefficient (Wildman–Crippen LogP) is 5.89. The molecule has 0 bridgehead atoms. The van der Waals surface area contributed by atoms with Crippen LogP contribution >= 0.6 is 11.8 Å². The van der Waals surface area contributed by atoms with Crippen LogP contribution < -0.4 is 0 Å². The Bertz CT molecular complexity index is 299. The molecule has 1 aromatic rings. The fourth-order valence-electron chi connectivity index (χ4n) is 2.10. The summed E-state index contributed by atoms with van der Waals surface area (Å²) in [4.78, 5) is 1.31. The lowest BCUT2D eigenvalue weighted by atomic mass is 10.1. The zero-order valence-corrected chi connectivity index (χ0v) is 13.3. The van der Waals surface area contributed by atoms with Crippen LogP contribution in [0.2, 0.25) is 0 Å². The monoisotopic (exact) mass is 280 g/mol. The van der Waals surface area contributed by atoms with Crippen LogP contribution in [0.25, 0.3) is 0 Å². The minimum atomic E-state index is 0.318. The summed E-state index contributed by atoms with van der Waals surface area (Å²) in [6.45, 7) is 5.15. The summed E-state index contributed by atoms with van der Waals surface area (Å²) in [7, 11) is 0. The maximum atomic E-state index is 5.84. The minimum absolute atomic E-state index is 0.318. The number of hydrogen-bond acceptors (Lipinski definition) is 2. The third-order valence-corrected chi connectivity index (χ3v) is 4.34. The predicted molar refractivity (Wildman–Crippen MR) is 85.7 cm³/mol. The average molecular weight is 280 g/mol. The van der Waals surface area contributed by atoms with E-state index in [9.17, 15) is 0 Å². The molecule has 0 N–H and O–H groups in total. The van der Waals surface area contributed by atoms with Crippen LogP contribution in [0, 0.1) is 0 Å². The first-order valence-electron chi connectivity index (χ1n) is 7.70. The summed E-state index contributed by atoms with van der Waals surface area (Å²) in [5.41, 5.74) is 0.318. The highest BCUT2D eigenvalue weighted by Crippen LogP contribution is 2.27. The van der Waals surface area contributed by atoms with E-state index < -0.39 is 0 Å². The first-order valence-corrected chi connectivity index (χ1v) is 8.58. The van der Waals surface area contributed by atoms with Crippen molar-refractivity contribution in [2.24, 2.45) is 0 Å². The van der Waals surface area contributed by atoms with Gasteiger partial charge in [0, 0.05) is 11.5 Å². The molecule has 1 rings (SSSR count). The lowest BCUT2D eigenvalue weighted by Gasteiger charge is -2.16. The van der Waals surface area contributed by atoms with Crippen LogP contribution in [0.4, 0.5) is 0 Å². The van der Waals surface area contributed by atoms with Crippen LogP contribution in [0.3, 0.4) is 0 Å². The van der Waals surface area contributed by atoms with Gasteiger partial charge >= 0.3 is 0 Å². The Balaban J connectivity index is 2.21. The van der Waals surface area contributed by atoms with Crippen molar-refractivity contribution in [2.75, 3.05) is 6.61 Å². The Labute approximate surface area is 123 Å². The number of hydrogen-bond donors (Lipinski definition) is 0. The van der Waals surface area contributed by atoms with Crippen LogP contribution in [-0.4, -0.2) is 12.0 Å². The second-order valence-corrected chi connectivity index (χ2v) is 6.11. The normalized spacial score (nSPS) is 12.5. The highest BCUT2D eigenvalue weighted by atomic mass is 32.2. The number of benzene rings is 1. The molecule has 0 aliphatic carbocycles. The summed E-state index contributed by atoms with van der Waals surface area (Å²) in [6, 6.07) is 10.6. The van der Waals surface area contributed by atoms with Crippen molar-refractivity contribution in [1.82, 2.24) is 0 Å². The fraction of sp³-hybridized carbons (Fsp3) is 0.647. The van der Waals surface area contributed by atoms with Gasteiger partial charge < -0.3 is 4.74 Å². The Kier molecular flexibility index (Phi) is 9.92. The van der Waals surface area contributed by atoms with Gasteiger partial charge in [-0.3, -0.25) is 0 Å². The van der Waals surface area contributed by atoms with E-state index in [1.165, 1.54) is 49.8 Å². The molecular weight excluding hydrogens is 252 g/mol. The second-order valence-electron chi connectivity index (χ2n) is 4.87. The Morgan fingerprint density at radius 2 is 1.63 bits per heavy atom. The third-order valence-electron chi connectivity index (χ3n) is 3.16. The van der Waals surface area contributed by atoms with Gasteiger partial charge in [-0.2, -0.15) is 0 Å². The zero-order valence-electron chi connectivity index (χ0n) is 12.4. The van der Waals surface area contributed by atoms with Crippen LogP contribution in [0.5, 0.6) is 0 Å². The van der Waals surface area contributed by atoms with Gasteiger partial charge in [-0.05, 0) is 31.9 Å². The third kappa shape index (κ3) is 8.33. The second kappa shape index (κ2) is 11.4. The van der Waals surface area contributed by atoms with Gasteiger partial charge in [0.2, 0.25) is 0 Å². The van der Waals surface area contributed by atoms with Gasteiger partial charge in [0.15, 0.2) is 0 Å². The molecule has 0 fully saturated rings. The molecule has 1 unspecified atom stereocenters. The van der Waals surface area contributed by atoms with Crippen LogP contribution in [-0.2, 0) is 4.74 Å². The average Bonchev–Trinajstić information content (AvgIpc) is 2.44. The van der Waals surface area contributed by atoms with E-state index in [0.717, 1.165) is 6.61 Å². The minimum Gasteiger partial charge on any atom is -0.368 e. The van der Waals surface area contributed by atoms with Crippen LogP contribution in [0.15, 0.2) is 35.2 Å². The zero-order chi connectivity index (χ0) is 13.8. The molecule has 0 heterocycles. The Hall–Kier alpha value is -0.470. The highest BCUT2D eigenvalue weighted by molar-refractivity contribution is 7.99. The first-order chi connectivity index (χ1) is 9.36. The standard InChI is InChI=1S/C17H28OS/c1-3-5-6-7-8-12-15-17(18-4-2)19-16-13-10-9-11-14-16/h9-11,13-14,17H,3-8,12,15H2,1-2H3. The molecule has 19 heavy (non-hydrogen) atoms. The van der Waals surface area contributed by atoms with E-state index in [4.69, 9.17) is 4.74 Å². The molecule has 1 atom stereocenters. The topological polar surface area (TPSA) is 9.23 Å². The SMILES string of the molecule is CCCCCCCCC(OCC)Sc1ccccc1. The van der Waals surface area contributed by atoms with E-state index in [-0.39, 0.29) is 0 Å². The van der Waals surface area contributed by atoms with E-state index in [2.05, 4.69) is 44.2 Å². The van der Waals surface area contributed by atoms with Gasteiger partial charge in [-0.1, -0.05) is 69.0 Å². The molecular formula is C17H28OS. The van der Waals surface area contributed by atoms with Gasteiger partial charge in [0.05, 0.1) is 0 Å². The number of rotatable bonds is 11. The van der Waals surface area contributed by atoms with E-state index >= 15 is 0 Å². The molecule has 0 amide bonds. The van der Waals surface area contributed by atoms with Crippen molar-refractivity contribution in [3.8, 4) is 0 Å². The lowest BCUT2D eigenvalue weighted by Crippen LogP contribution is -2.08. The first kappa shape index (κ1) is 16.6. The van der Waals surface area contributed by atoms with Crippen molar-refractivity contribution < 1.29 is 4.74 Å². The Morgan fingerprint density at radius 3 is 2.32 bits per heavy atom. The summed E-state index contributed by atoms with van der Waals surface area (Å²) < 4.78 is 5.84. The summed E-state index contributed by atoms with van der Waals surface area (Å²) in [5.74, 6) is 0. The van der Waals surface area contributed by atoms with Crippen LogP contribution in [0.1, 0.15) is 58.8 Å². The molecule has 0 aliphatic rings. The van der Waals surface area contributed by atoms with E-state index in [1.54, 1.807) is 0 Å². The molecule has 108 valence electrons. The van der Waals surface area contributed by atoms with Crippen molar-refractivity contribution in [1.29, 1.82) is 0 Å². The smallest absolute Gasteiger partial charge is 0.107 e. The summed E-state index contributed by atoms with van der Waals surface area (Å²) >= 11 is 1.86. The number of ether oxygens (including phenoxy) is 1. The summed E-state index contributed by atoms with van der Waals surface area (Å²) in [5, 5.41) is 0. The van der Waals surface area contributed by atoms with Crippen molar-refractivity contribution >= 4 is 11.8 Å². The van der Waals surface area contributed by atoms with E-state index in [1.807, 2.05) is 11.8 Å². The number of thioether (sulfide) groups is 1. The molecule has 2 heteroatoms. The largest absolute Gasteiger partial charge is 0.368 e. The molecule has 1 aromatic carbocycles. The molecule has 0 aliphatic heterocycles. The van der Waals surface area contributed by atoms with Crippen molar-refractivity contribution in [3.63, 3.8) is 0 Å². The van der Waals surface area contributed by atoms with Crippen molar-refractivity contribution in [3.05, 3.63) is 30.3 Å². The molecule has 0 radical (unpaired) electrons. The quantitative estimate of drug-likeness (QED) is 0.284. The molecule has 1 nitrogen and oxygen atoms in total. The lowest BCUT2D eigenvalue weighted by molar-refractivity contribution is 0.117.